The van der Waals surface area contributed by atoms with Gasteiger partial charge in [0.15, 0.2) is 6.29 Å². The van der Waals surface area contributed by atoms with Gasteiger partial charge in [-0.1, -0.05) is 23.7 Å². The average molecular weight is 325 g/mol. The predicted octanol–water partition coefficient (Wildman–Crippen LogP) is 1.96. The summed E-state index contributed by atoms with van der Waals surface area (Å²) in [6.07, 6.45) is 1.19. The van der Waals surface area contributed by atoms with Crippen LogP contribution >= 0.6 is 11.6 Å². The number of likely N-dealkylation sites (tertiary alicyclic amines) is 1. The minimum absolute atomic E-state index is 0.0372. The van der Waals surface area contributed by atoms with Crippen LogP contribution in [0, 0.1) is 0 Å². The lowest BCUT2D eigenvalue weighted by Gasteiger charge is -2.26. The van der Waals surface area contributed by atoms with Crippen molar-refractivity contribution in [3.63, 3.8) is 0 Å². The number of rotatable bonds is 5. The third-order valence-corrected chi connectivity index (χ3v) is 4.53. The molecule has 2 aliphatic heterocycles. The molecule has 1 aromatic rings. The maximum atomic E-state index is 12.1. The van der Waals surface area contributed by atoms with E-state index in [4.69, 9.17) is 21.1 Å². The van der Waals surface area contributed by atoms with Crippen molar-refractivity contribution < 1.29 is 14.3 Å². The molecule has 2 aliphatic rings. The molecule has 2 saturated heterocycles. The van der Waals surface area contributed by atoms with E-state index in [1.54, 1.807) is 0 Å². The van der Waals surface area contributed by atoms with E-state index in [1.807, 2.05) is 36.2 Å². The minimum atomic E-state index is -0.115. The second kappa shape index (κ2) is 6.96. The number of halogens is 1. The summed E-state index contributed by atoms with van der Waals surface area (Å²) in [6, 6.07) is 7.84. The highest BCUT2D eigenvalue weighted by atomic mass is 35.5. The van der Waals surface area contributed by atoms with E-state index in [-0.39, 0.29) is 24.3 Å². The number of amides is 1. The van der Waals surface area contributed by atoms with Crippen LogP contribution in [0.4, 0.5) is 0 Å². The number of ether oxygens (including phenoxy) is 2. The summed E-state index contributed by atoms with van der Waals surface area (Å²) in [6.45, 7) is 2.10. The van der Waals surface area contributed by atoms with Crippen molar-refractivity contribution in [3.05, 3.63) is 34.9 Å². The molecule has 0 bridgehead atoms. The molecule has 2 unspecified atom stereocenters. The molecule has 22 heavy (non-hydrogen) atoms. The van der Waals surface area contributed by atoms with Crippen LogP contribution in [-0.2, 0) is 14.3 Å². The van der Waals surface area contributed by atoms with Gasteiger partial charge in [-0.3, -0.25) is 4.79 Å². The lowest BCUT2D eigenvalue weighted by Crippen LogP contribution is -2.36. The van der Waals surface area contributed by atoms with Crippen LogP contribution in [0.5, 0.6) is 0 Å². The Bertz CT molecular complexity index is 517. The highest BCUT2D eigenvalue weighted by Crippen LogP contribution is 2.32. The number of likely N-dealkylation sites (N-methyl/N-ethyl adjacent to an activating group) is 1. The van der Waals surface area contributed by atoms with Gasteiger partial charge in [0.05, 0.1) is 19.3 Å². The molecule has 2 heterocycles. The number of nitrogens with zero attached hydrogens (tertiary/aromatic N) is 1. The van der Waals surface area contributed by atoms with E-state index in [1.165, 1.54) is 0 Å². The van der Waals surface area contributed by atoms with Gasteiger partial charge in [0.2, 0.25) is 5.91 Å². The minimum Gasteiger partial charge on any atom is -0.350 e. The fraction of sp³-hybridized carbons (Fsp3) is 0.562. The maximum absolute atomic E-state index is 12.1. The smallest absolute Gasteiger partial charge is 0.224 e. The topological polar surface area (TPSA) is 50.8 Å². The molecule has 120 valence electrons. The van der Waals surface area contributed by atoms with Crippen LogP contribution in [0.15, 0.2) is 24.3 Å². The summed E-state index contributed by atoms with van der Waals surface area (Å²) in [5.74, 6) is 0.158. The zero-order chi connectivity index (χ0) is 15.5. The summed E-state index contributed by atoms with van der Waals surface area (Å²) >= 11 is 5.95. The molecule has 6 heteroatoms. The predicted molar refractivity (Wildman–Crippen MR) is 83.7 cm³/mol. The number of benzene rings is 1. The first-order valence-corrected chi connectivity index (χ1v) is 8.00. The van der Waals surface area contributed by atoms with Crippen LogP contribution < -0.4 is 5.32 Å². The Hall–Kier alpha value is -1.14. The van der Waals surface area contributed by atoms with Gasteiger partial charge in [0, 0.05) is 37.5 Å². The van der Waals surface area contributed by atoms with Crippen molar-refractivity contribution in [2.45, 2.75) is 31.2 Å². The zero-order valence-electron chi connectivity index (χ0n) is 12.6. The van der Waals surface area contributed by atoms with Gasteiger partial charge in [-0.05, 0) is 17.7 Å². The molecule has 1 N–H and O–H groups in total. The summed E-state index contributed by atoms with van der Waals surface area (Å²) in [7, 11) is 1.85. The van der Waals surface area contributed by atoms with E-state index >= 15 is 0 Å². The zero-order valence-corrected chi connectivity index (χ0v) is 13.4. The third kappa shape index (κ3) is 3.43. The van der Waals surface area contributed by atoms with E-state index in [0.717, 1.165) is 18.5 Å². The van der Waals surface area contributed by atoms with E-state index < -0.39 is 0 Å². The lowest BCUT2D eigenvalue weighted by molar-refractivity contribution is -0.127. The summed E-state index contributed by atoms with van der Waals surface area (Å²) < 4.78 is 10.9. The fourth-order valence-corrected chi connectivity index (χ4v) is 3.25. The largest absolute Gasteiger partial charge is 0.350 e. The van der Waals surface area contributed by atoms with Gasteiger partial charge in [0.25, 0.3) is 0 Å². The first kappa shape index (κ1) is 15.7. The molecule has 0 saturated carbocycles. The Labute approximate surface area is 135 Å². The molecule has 3 rings (SSSR count). The monoisotopic (exact) mass is 324 g/mol. The van der Waals surface area contributed by atoms with Crippen molar-refractivity contribution in [3.8, 4) is 0 Å². The molecule has 2 fully saturated rings. The van der Waals surface area contributed by atoms with Gasteiger partial charge in [0.1, 0.15) is 0 Å². The molecule has 2 atom stereocenters. The summed E-state index contributed by atoms with van der Waals surface area (Å²) in [5.41, 5.74) is 1.10. The van der Waals surface area contributed by atoms with Gasteiger partial charge in [-0.15, -0.1) is 0 Å². The van der Waals surface area contributed by atoms with Crippen LogP contribution in [0.25, 0.3) is 0 Å². The molecular weight excluding hydrogens is 304 g/mol. The quantitative estimate of drug-likeness (QED) is 0.899. The van der Waals surface area contributed by atoms with Gasteiger partial charge in [-0.25, -0.2) is 0 Å². The highest BCUT2D eigenvalue weighted by molar-refractivity contribution is 6.30. The van der Waals surface area contributed by atoms with E-state index in [9.17, 15) is 4.79 Å². The van der Waals surface area contributed by atoms with Crippen molar-refractivity contribution in [1.29, 1.82) is 0 Å². The third-order valence-electron chi connectivity index (χ3n) is 4.28. The Morgan fingerprint density at radius 3 is 2.64 bits per heavy atom. The molecule has 1 amide bonds. The normalized spacial score (nSPS) is 26.1. The van der Waals surface area contributed by atoms with Gasteiger partial charge < -0.3 is 19.7 Å². The molecule has 1 aromatic carbocycles. The summed E-state index contributed by atoms with van der Waals surface area (Å²) in [5, 5.41) is 4.18. The first-order valence-electron chi connectivity index (χ1n) is 7.63. The van der Waals surface area contributed by atoms with Crippen molar-refractivity contribution in [2.24, 2.45) is 0 Å². The van der Waals surface area contributed by atoms with Crippen molar-refractivity contribution in [2.75, 3.05) is 26.8 Å². The lowest BCUT2D eigenvalue weighted by atomic mass is 10.00. The van der Waals surface area contributed by atoms with Crippen molar-refractivity contribution >= 4 is 17.5 Å². The van der Waals surface area contributed by atoms with Crippen LogP contribution in [0.2, 0.25) is 5.02 Å². The molecule has 0 aromatic heterocycles. The Kier molecular flexibility index (Phi) is 4.98. The molecular formula is C16H21ClN2O3. The number of carbonyl (C=O) groups excluding carboxylic acids is 1. The molecule has 5 nitrogen and oxygen atoms in total. The van der Waals surface area contributed by atoms with Crippen molar-refractivity contribution in [1.82, 2.24) is 10.2 Å². The van der Waals surface area contributed by atoms with Crippen LogP contribution in [-0.4, -0.2) is 49.9 Å². The van der Waals surface area contributed by atoms with Gasteiger partial charge in [-0.2, -0.15) is 0 Å². The first-order chi connectivity index (χ1) is 10.6. The maximum Gasteiger partial charge on any atom is 0.224 e. The Morgan fingerprint density at radius 2 is 1.95 bits per heavy atom. The van der Waals surface area contributed by atoms with Gasteiger partial charge >= 0.3 is 0 Å². The SMILES string of the molecule is CN1C(=O)CC(NCCC2OCCO2)C1c1ccc(Cl)cc1. The second-order valence-electron chi connectivity index (χ2n) is 5.73. The second-order valence-corrected chi connectivity index (χ2v) is 6.16. The van der Waals surface area contributed by atoms with Crippen LogP contribution in [0.1, 0.15) is 24.4 Å². The number of nitrogens with one attached hydrogen (secondary N) is 1. The Morgan fingerprint density at radius 1 is 1.27 bits per heavy atom. The standard InChI is InChI=1S/C16H21ClN2O3/c1-19-14(20)10-13(18-7-6-15-21-8-9-22-15)16(19)11-2-4-12(17)5-3-11/h2-5,13,15-16,18H,6-10H2,1H3. The fourth-order valence-electron chi connectivity index (χ4n) is 3.13. The van der Waals surface area contributed by atoms with E-state index in [0.29, 0.717) is 24.7 Å². The molecule has 0 aliphatic carbocycles. The molecule has 0 radical (unpaired) electrons. The average Bonchev–Trinajstić information content (AvgIpc) is 3.10. The molecule has 0 spiro atoms. The van der Waals surface area contributed by atoms with Crippen LogP contribution in [0.3, 0.4) is 0 Å². The number of carbonyl (C=O) groups is 1. The summed E-state index contributed by atoms with van der Waals surface area (Å²) in [4.78, 5) is 13.9. The van der Waals surface area contributed by atoms with E-state index in [2.05, 4.69) is 5.32 Å². The highest BCUT2D eigenvalue weighted by Gasteiger charge is 2.38. The Balaban J connectivity index is 1.63. The number of hydrogen-bond acceptors (Lipinski definition) is 4. The number of hydrogen-bond donors (Lipinski definition) is 1.